The Morgan fingerprint density at radius 3 is 2.79 bits per heavy atom. The fourth-order valence-corrected chi connectivity index (χ4v) is 3.64. The molecule has 0 aromatic heterocycles. The van der Waals surface area contributed by atoms with Gasteiger partial charge in [0.1, 0.15) is 5.78 Å². The molecule has 2 nitrogen and oxygen atoms in total. The highest BCUT2D eigenvalue weighted by Gasteiger charge is 2.29. The van der Waals surface area contributed by atoms with Crippen LogP contribution in [0.5, 0.6) is 0 Å². The van der Waals surface area contributed by atoms with E-state index in [2.05, 4.69) is 15.9 Å². The first kappa shape index (κ1) is 15.0. The lowest BCUT2D eigenvalue weighted by Crippen LogP contribution is -2.33. The maximum atomic E-state index is 12.4. The van der Waals surface area contributed by atoms with Gasteiger partial charge in [0.2, 0.25) is 0 Å². The summed E-state index contributed by atoms with van der Waals surface area (Å²) in [6.45, 7) is 0.616. The van der Waals surface area contributed by atoms with Gasteiger partial charge in [-0.2, -0.15) is 0 Å². The van der Waals surface area contributed by atoms with Crippen LogP contribution in [0, 0.1) is 11.8 Å². The predicted molar refractivity (Wildman–Crippen MR) is 82.4 cm³/mol. The summed E-state index contributed by atoms with van der Waals surface area (Å²) in [6.07, 6.45) is 4.83. The average molecular weight is 345 g/mol. The van der Waals surface area contributed by atoms with Gasteiger partial charge < -0.3 is 5.73 Å². The maximum absolute atomic E-state index is 12.4. The highest BCUT2D eigenvalue weighted by atomic mass is 79.9. The van der Waals surface area contributed by atoms with Crippen molar-refractivity contribution in [1.82, 2.24) is 0 Å². The van der Waals surface area contributed by atoms with E-state index in [1.165, 1.54) is 6.42 Å². The highest BCUT2D eigenvalue weighted by molar-refractivity contribution is 9.10. The summed E-state index contributed by atoms with van der Waals surface area (Å²) in [5.41, 5.74) is 6.70. The molecule has 0 radical (unpaired) electrons. The standard InChI is InChI=1S/C15H19BrClNO/c16-12-6-5-10(14(17)8-12)7-15(19)13-4-2-1-3-11(13)9-18/h5-6,8,11,13H,1-4,7,9,18H2. The lowest BCUT2D eigenvalue weighted by molar-refractivity contribution is -0.124. The van der Waals surface area contributed by atoms with Gasteiger partial charge in [-0.15, -0.1) is 0 Å². The average Bonchev–Trinajstić information content (AvgIpc) is 2.41. The van der Waals surface area contributed by atoms with Crippen LogP contribution in [0.1, 0.15) is 31.2 Å². The van der Waals surface area contributed by atoms with Gasteiger partial charge in [-0.1, -0.05) is 46.4 Å². The van der Waals surface area contributed by atoms with Crippen LogP contribution in [-0.2, 0) is 11.2 Å². The van der Waals surface area contributed by atoms with Crippen LogP contribution in [0.15, 0.2) is 22.7 Å². The zero-order valence-electron chi connectivity index (χ0n) is 10.9. The summed E-state index contributed by atoms with van der Waals surface area (Å²) in [5.74, 6) is 0.772. The van der Waals surface area contributed by atoms with Crippen molar-refractivity contribution >= 4 is 33.3 Å². The molecule has 19 heavy (non-hydrogen) atoms. The molecule has 1 saturated carbocycles. The zero-order chi connectivity index (χ0) is 13.8. The van der Waals surface area contributed by atoms with Gasteiger partial charge in [0, 0.05) is 21.8 Å². The molecule has 2 N–H and O–H groups in total. The van der Waals surface area contributed by atoms with E-state index < -0.39 is 0 Å². The zero-order valence-corrected chi connectivity index (χ0v) is 13.2. The minimum Gasteiger partial charge on any atom is -0.330 e. The molecule has 1 aliphatic rings. The lowest BCUT2D eigenvalue weighted by atomic mass is 9.76. The molecule has 2 rings (SSSR count). The van der Waals surface area contributed by atoms with E-state index >= 15 is 0 Å². The Kier molecular flexibility index (Phi) is 5.43. The Balaban J connectivity index is 2.07. The van der Waals surface area contributed by atoms with Crippen molar-refractivity contribution in [2.45, 2.75) is 32.1 Å². The molecule has 1 fully saturated rings. The molecule has 0 spiro atoms. The SMILES string of the molecule is NCC1CCCCC1C(=O)Cc1ccc(Br)cc1Cl. The van der Waals surface area contributed by atoms with Crippen LogP contribution in [0.25, 0.3) is 0 Å². The smallest absolute Gasteiger partial charge is 0.140 e. The van der Waals surface area contributed by atoms with E-state index in [-0.39, 0.29) is 5.92 Å². The summed E-state index contributed by atoms with van der Waals surface area (Å²) in [5, 5.41) is 0.655. The maximum Gasteiger partial charge on any atom is 0.140 e. The van der Waals surface area contributed by atoms with E-state index in [1.807, 2.05) is 18.2 Å². The third kappa shape index (κ3) is 3.80. The van der Waals surface area contributed by atoms with Gasteiger partial charge in [0.15, 0.2) is 0 Å². The Morgan fingerprint density at radius 2 is 2.11 bits per heavy atom. The number of carbonyl (C=O) groups excluding carboxylic acids is 1. The van der Waals surface area contributed by atoms with Crippen molar-refractivity contribution in [2.75, 3.05) is 6.54 Å². The van der Waals surface area contributed by atoms with Crippen LogP contribution >= 0.6 is 27.5 Å². The van der Waals surface area contributed by atoms with Gasteiger partial charge in [-0.3, -0.25) is 4.79 Å². The largest absolute Gasteiger partial charge is 0.330 e. The molecule has 104 valence electrons. The summed E-state index contributed by atoms with van der Waals surface area (Å²) in [6, 6.07) is 5.69. The molecule has 1 aliphatic carbocycles. The molecule has 0 amide bonds. The summed E-state index contributed by atoms with van der Waals surface area (Å²) in [7, 11) is 0. The molecular formula is C15H19BrClNO. The Hall–Kier alpha value is -0.380. The molecule has 1 aromatic carbocycles. The number of hydrogen-bond acceptors (Lipinski definition) is 2. The molecule has 0 aliphatic heterocycles. The highest BCUT2D eigenvalue weighted by Crippen LogP contribution is 2.31. The fraction of sp³-hybridized carbons (Fsp3) is 0.533. The first-order valence-electron chi connectivity index (χ1n) is 6.78. The molecule has 2 atom stereocenters. The monoisotopic (exact) mass is 343 g/mol. The Labute approximate surface area is 127 Å². The second kappa shape index (κ2) is 6.87. The van der Waals surface area contributed by atoms with Crippen LogP contribution in [0.3, 0.4) is 0 Å². The van der Waals surface area contributed by atoms with E-state index in [9.17, 15) is 4.79 Å². The number of ketones is 1. The number of benzene rings is 1. The normalized spacial score (nSPS) is 23.3. The van der Waals surface area contributed by atoms with Crippen molar-refractivity contribution in [3.63, 3.8) is 0 Å². The Morgan fingerprint density at radius 1 is 1.37 bits per heavy atom. The Bertz CT molecular complexity index is 463. The molecule has 0 heterocycles. The quantitative estimate of drug-likeness (QED) is 0.898. The molecular weight excluding hydrogens is 326 g/mol. The minimum atomic E-state index is 0.124. The minimum absolute atomic E-state index is 0.124. The molecule has 4 heteroatoms. The second-order valence-corrected chi connectivity index (χ2v) is 6.59. The first-order chi connectivity index (χ1) is 9.11. The van der Waals surface area contributed by atoms with Crippen LogP contribution in [-0.4, -0.2) is 12.3 Å². The topological polar surface area (TPSA) is 43.1 Å². The van der Waals surface area contributed by atoms with Crippen LogP contribution in [0.2, 0.25) is 5.02 Å². The van der Waals surface area contributed by atoms with Gasteiger partial charge in [0.05, 0.1) is 0 Å². The van der Waals surface area contributed by atoms with E-state index in [1.54, 1.807) is 0 Å². The third-order valence-electron chi connectivity index (χ3n) is 4.01. The summed E-state index contributed by atoms with van der Waals surface area (Å²) in [4.78, 5) is 12.4. The van der Waals surface area contributed by atoms with Gasteiger partial charge in [-0.05, 0) is 43.0 Å². The van der Waals surface area contributed by atoms with Crippen molar-refractivity contribution in [3.8, 4) is 0 Å². The second-order valence-electron chi connectivity index (χ2n) is 5.27. The number of carbonyl (C=O) groups is 1. The number of hydrogen-bond donors (Lipinski definition) is 1. The van der Waals surface area contributed by atoms with Crippen molar-refractivity contribution in [1.29, 1.82) is 0 Å². The number of halogens is 2. The molecule has 1 aromatic rings. The van der Waals surface area contributed by atoms with E-state index in [4.69, 9.17) is 17.3 Å². The van der Waals surface area contributed by atoms with Crippen LogP contribution in [0.4, 0.5) is 0 Å². The van der Waals surface area contributed by atoms with Crippen molar-refractivity contribution < 1.29 is 4.79 Å². The summed E-state index contributed by atoms with van der Waals surface area (Å²) < 4.78 is 0.936. The van der Waals surface area contributed by atoms with Crippen molar-refractivity contribution in [3.05, 3.63) is 33.3 Å². The molecule has 0 bridgehead atoms. The van der Waals surface area contributed by atoms with E-state index in [0.717, 1.165) is 29.3 Å². The first-order valence-corrected chi connectivity index (χ1v) is 7.95. The number of Topliss-reactive ketones (excluding diaryl/α,β-unsaturated/α-hetero) is 1. The third-order valence-corrected chi connectivity index (χ3v) is 4.85. The van der Waals surface area contributed by atoms with Crippen LogP contribution < -0.4 is 5.73 Å². The predicted octanol–water partition coefficient (Wildman–Crippen LogP) is 3.98. The lowest BCUT2D eigenvalue weighted by Gasteiger charge is -2.29. The van der Waals surface area contributed by atoms with Gasteiger partial charge >= 0.3 is 0 Å². The number of nitrogens with two attached hydrogens (primary N) is 1. The molecule has 2 unspecified atom stereocenters. The van der Waals surface area contributed by atoms with E-state index in [0.29, 0.717) is 29.7 Å². The fourth-order valence-electron chi connectivity index (χ4n) is 2.90. The molecule has 0 saturated heterocycles. The van der Waals surface area contributed by atoms with Gasteiger partial charge in [-0.25, -0.2) is 0 Å². The van der Waals surface area contributed by atoms with Crippen molar-refractivity contribution in [2.24, 2.45) is 17.6 Å². The number of rotatable bonds is 4. The summed E-state index contributed by atoms with van der Waals surface area (Å²) >= 11 is 9.55. The van der Waals surface area contributed by atoms with Gasteiger partial charge in [0.25, 0.3) is 0 Å².